The topological polar surface area (TPSA) is 26.0 Å². The second-order valence-electron chi connectivity index (χ2n) is 3.99. The van der Waals surface area contributed by atoms with Gasteiger partial charge in [-0.1, -0.05) is 26.8 Å². The summed E-state index contributed by atoms with van der Waals surface area (Å²) in [6, 6.07) is 6.53. The van der Waals surface area contributed by atoms with Crippen molar-refractivity contribution in [2.45, 2.75) is 36.8 Å². The van der Waals surface area contributed by atoms with E-state index in [-0.39, 0.29) is 0 Å². The van der Waals surface area contributed by atoms with E-state index in [0.717, 1.165) is 0 Å². The highest BCUT2D eigenvalue weighted by Gasteiger charge is 2.08. The van der Waals surface area contributed by atoms with E-state index in [4.69, 9.17) is 5.73 Å². The second-order valence-corrected chi connectivity index (χ2v) is 6.47. The van der Waals surface area contributed by atoms with Crippen LogP contribution in [-0.4, -0.2) is 11.8 Å². The third-order valence-electron chi connectivity index (χ3n) is 2.24. The lowest BCUT2D eigenvalue weighted by atomic mass is 10.0. The molecule has 84 valence electrons. The van der Waals surface area contributed by atoms with Gasteiger partial charge in [0.05, 0.1) is 0 Å². The first kappa shape index (κ1) is 13.1. The first-order valence-corrected chi connectivity index (χ1v) is 6.88. The largest absolute Gasteiger partial charge is 0.330 e. The van der Waals surface area contributed by atoms with Crippen LogP contribution < -0.4 is 5.73 Å². The fourth-order valence-corrected chi connectivity index (χ4v) is 2.81. The van der Waals surface area contributed by atoms with Gasteiger partial charge >= 0.3 is 0 Å². The van der Waals surface area contributed by atoms with Gasteiger partial charge in [0.2, 0.25) is 0 Å². The van der Waals surface area contributed by atoms with Gasteiger partial charge < -0.3 is 5.73 Å². The van der Waals surface area contributed by atoms with Crippen molar-refractivity contribution in [3.8, 4) is 0 Å². The van der Waals surface area contributed by atoms with Crippen LogP contribution in [0.25, 0.3) is 0 Å². The molecular formula is C12H18BrNS. The van der Waals surface area contributed by atoms with Crippen molar-refractivity contribution in [2.75, 3.05) is 6.54 Å². The Bertz CT molecular complexity index is 325. The standard InChI is InChI=1S/C12H18BrNS/c1-8(2)15-12-5-4-10(6-11(12)13)9(3)7-14/h4-6,8-9H,7,14H2,1-3H3. The van der Waals surface area contributed by atoms with Crippen LogP contribution in [0.5, 0.6) is 0 Å². The van der Waals surface area contributed by atoms with Crippen molar-refractivity contribution in [2.24, 2.45) is 5.73 Å². The Labute approximate surface area is 105 Å². The lowest BCUT2D eigenvalue weighted by Crippen LogP contribution is -2.08. The lowest BCUT2D eigenvalue weighted by Gasteiger charge is -2.12. The Morgan fingerprint density at radius 3 is 2.47 bits per heavy atom. The van der Waals surface area contributed by atoms with Crippen LogP contribution in [0.1, 0.15) is 32.3 Å². The molecular weight excluding hydrogens is 270 g/mol. The fourth-order valence-electron chi connectivity index (χ4n) is 1.31. The molecule has 1 aromatic carbocycles. The Balaban J connectivity index is 2.88. The third kappa shape index (κ3) is 3.82. The van der Waals surface area contributed by atoms with Crippen molar-refractivity contribution in [3.63, 3.8) is 0 Å². The molecule has 1 rings (SSSR count). The van der Waals surface area contributed by atoms with E-state index in [0.29, 0.717) is 17.7 Å². The van der Waals surface area contributed by atoms with Gasteiger partial charge in [0.25, 0.3) is 0 Å². The van der Waals surface area contributed by atoms with Gasteiger partial charge in [-0.3, -0.25) is 0 Å². The fraction of sp³-hybridized carbons (Fsp3) is 0.500. The Kier molecular flexibility index (Phi) is 5.16. The minimum Gasteiger partial charge on any atom is -0.330 e. The predicted octanol–water partition coefficient (Wildman–Crippen LogP) is 4.01. The van der Waals surface area contributed by atoms with Crippen LogP contribution in [0.4, 0.5) is 0 Å². The molecule has 0 amide bonds. The zero-order valence-corrected chi connectivity index (χ0v) is 11.9. The van der Waals surface area contributed by atoms with Gasteiger partial charge in [0, 0.05) is 14.6 Å². The zero-order chi connectivity index (χ0) is 11.4. The summed E-state index contributed by atoms with van der Waals surface area (Å²) in [4.78, 5) is 1.30. The summed E-state index contributed by atoms with van der Waals surface area (Å²) in [6.07, 6.45) is 0. The van der Waals surface area contributed by atoms with E-state index in [1.807, 2.05) is 11.8 Å². The zero-order valence-electron chi connectivity index (χ0n) is 9.46. The Hall–Kier alpha value is 0.01000. The molecule has 0 heterocycles. The Morgan fingerprint density at radius 2 is 2.00 bits per heavy atom. The first-order chi connectivity index (χ1) is 7.04. The molecule has 0 aliphatic carbocycles. The predicted molar refractivity (Wildman–Crippen MR) is 72.6 cm³/mol. The quantitative estimate of drug-likeness (QED) is 0.847. The van der Waals surface area contributed by atoms with Gasteiger partial charge in [-0.05, 0) is 46.1 Å². The minimum atomic E-state index is 0.430. The third-order valence-corrected chi connectivity index (χ3v) is 4.24. The molecule has 0 aromatic heterocycles. The van der Waals surface area contributed by atoms with Gasteiger partial charge in [-0.25, -0.2) is 0 Å². The number of thioether (sulfide) groups is 1. The molecule has 1 unspecified atom stereocenters. The maximum Gasteiger partial charge on any atom is 0.0314 e. The molecule has 0 aliphatic heterocycles. The van der Waals surface area contributed by atoms with Crippen LogP contribution >= 0.6 is 27.7 Å². The van der Waals surface area contributed by atoms with Gasteiger partial charge in [-0.15, -0.1) is 11.8 Å². The highest BCUT2D eigenvalue weighted by Crippen LogP contribution is 2.32. The van der Waals surface area contributed by atoms with E-state index in [9.17, 15) is 0 Å². The molecule has 1 atom stereocenters. The molecule has 1 nitrogen and oxygen atoms in total. The maximum absolute atomic E-state index is 5.65. The molecule has 2 N–H and O–H groups in total. The number of nitrogens with two attached hydrogens (primary N) is 1. The molecule has 0 spiro atoms. The molecule has 3 heteroatoms. The van der Waals surface area contributed by atoms with Crippen molar-refractivity contribution in [1.82, 2.24) is 0 Å². The van der Waals surface area contributed by atoms with Crippen molar-refractivity contribution in [1.29, 1.82) is 0 Å². The van der Waals surface area contributed by atoms with Crippen molar-refractivity contribution >= 4 is 27.7 Å². The summed E-state index contributed by atoms with van der Waals surface area (Å²) < 4.78 is 1.18. The van der Waals surface area contributed by atoms with E-state index in [2.05, 4.69) is 54.9 Å². The summed E-state index contributed by atoms with van der Waals surface area (Å²) in [5.74, 6) is 0.430. The second kappa shape index (κ2) is 5.92. The smallest absolute Gasteiger partial charge is 0.0314 e. The number of benzene rings is 1. The van der Waals surface area contributed by atoms with Crippen LogP contribution in [0, 0.1) is 0 Å². The molecule has 0 saturated heterocycles. The monoisotopic (exact) mass is 287 g/mol. The summed E-state index contributed by atoms with van der Waals surface area (Å²) in [5, 5.41) is 0.610. The van der Waals surface area contributed by atoms with Crippen molar-refractivity contribution in [3.05, 3.63) is 28.2 Å². The summed E-state index contributed by atoms with van der Waals surface area (Å²) in [7, 11) is 0. The van der Waals surface area contributed by atoms with Gasteiger partial charge in [-0.2, -0.15) is 0 Å². The van der Waals surface area contributed by atoms with E-state index in [1.54, 1.807) is 0 Å². The number of hydrogen-bond acceptors (Lipinski definition) is 2. The van der Waals surface area contributed by atoms with Crippen LogP contribution in [-0.2, 0) is 0 Å². The molecule has 0 radical (unpaired) electrons. The molecule has 0 saturated carbocycles. The van der Waals surface area contributed by atoms with E-state index >= 15 is 0 Å². The van der Waals surface area contributed by atoms with E-state index in [1.165, 1.54) is 14.9 Å². The van der Waals surface area contributed by atoms with Crippen molar-refractivity contribution < 1.29 is 0 Å². The summed E-state index contributed by atoms with van der Waals surface area (Å²) in [6.45, 7) is 7.25. The summed E-state index contributed by atoms with van der Waals surface area (Å²) >= 11 is 5.49. The molecule has 15 heavy (non-hydrogen) atoms. The molecule has 0 bridgehead atoms. The number of rotatable bonds is 4. The highest BCUT2D eigenvalue weighted by molar-refractivity contribution is 9.10. The number of halogens is 1. The normalized spacial score (nSPS) is 13.2. The SMILES string of the molecule is CC(C)Sc1ccc(C(C)CN)cc1Br. The van der Waals surface area contributed by atoms with E-state index < -0.39 is 0 Å². The molecule has 0 fully saturated rings. The minimum absolute atomic E-state index is 0.430. The maximum atomic E-state index is 5.65. The average molecular weight is 288 g/mol. The van der Waals surface area contributed by atoms with Crippen LogP contribution in [0.15, 0.2) is 27.6 Å². The summed E-state index contributed by atoms with van der Waals surface area (Å²) in [5.41, 5.74) is 6.96. The average Bonchev–Trinajstić information content (AvgIpc) is 2.19. The van der Waals surface area contributed by atoms with Crippen LogP contribution in [0.3, 0.4) is 0 Å². The first-order valence-electron chi connectivity index (χ1n) is 5.20. The van der Waals surface area contributed by atoms with Crippen LogP contribution in [0.2, 0.25) is 0 Å². The highest BCUT2D eigenvalue weighted by atomic mass is 79.9. The number of hydrogen-bond donors (Lipinski definition) is 1. The lowest BCUT2D eigenvalue weighted by molar-refractivity contribution is 0.772. The van der Waals surface area contributed by atoms with Gasteiger partial charge in [0.15, 0.2) is 0 Å². The van der Waals surface area contributed by atoms with Gasteiger partial charge in [0.1, 0.15) is 0 Å². The Morgan fingerprint density at radius 1 is 1.33 bits per heavy atom. The molecule has 1 aromatic rings. The molecule has 0 aliphatic rings.